The third kappa shape index (κ3) is 2.09. The molecule has 0 aliphatic carbocycles. The molecule has 0 saturated heterocycles. The van der Waals surface area contributed by atoms with Crippen molar-refractivity contribution in [2.45, 2.75) is 4.90 Å². The van der Waals surface area contributed by atoms with Crippen molar-refractivity contribution in [3.63, 3.8) is 0 Å². The molecule has 0 spiro atoms. The predicted octanol–water partition coefficient (Wildman–Crippen LogP) is 0.972. The maximum absolute atomic E-state index is 5.60. The molecule has 0 aromatic carbocycles. The Morgan fingerprint density at radius 2 is 1.92 bits per heavy atom. The highest BCUT2D eigenvalue weighted by atomic mass is 35.5. The van der Waals surface area contributed by atoms with Crippen LogP contribution < -0.4 is 17.2 Å². The number of hydrogen-bond acceptors (Lipinski definition) is 5. The molecule has 68 valence electrons. The van der Waals surface area contributed by atoms with Crippen molar-refractivity contribution in [2.75, 3.05) is 23.5 Å². The molecule has 0 bridgehead atoms. The van der Waals surface area contributed by atoms with Crippen LogP contribution in [-0.4, -0.2) is 11.2 Å². The molecule has 0 atom stereocenters. The molecule has 6 N–H and O–H groups in total. The Morgan fingerprint density at radius 3 is 2.42 bits per heavy atom. The Morgan fingerprint density at radius 1 is 1.33 bits per heavy atom. The molecule has 1 aromatic heterocycles. The van der Waals surface area contributed by atoms with Crippen LogP contribution in [-0.2, 0) is 0 Å². The Hall–Kier alpha value is -0.810. The summed E-state index contributed by atoms with van der Waals surface area (Å²) < 4.78 is 0. The SMILES string of the molecule is CSc1cc(N)nc(N)c1N.Cl. The quantitative estimate of drug-likeness (QED) is 0.596. The fourth-order valence-corrected chi connectivity index (χ4v) is 1.30. The minimum absolute atomic E-state index is 0. The van der Waals surface area contributed by atoms with E-state index in [1.165, 1.54) is 11.8 Å². The first-order valence-corrected chi connectivity index (χ1v) is 4.23. The number of pyridine rings is 1. The van der Waals surface area contributed by atoms with Crippen LogP contribution in [0.4, 0.5) is 17.3 Å². The van der Waals surface area contributed by atoms with Crippen molar-refractivity contribution in [3.8, 4) is 0 Å². The second-order valence-electron chi connectivity index (χ2n) is 2.05. The molecule has 0 amide bonds. The van der Waals surface area contributed by atoms with E-state index in [9.17, 15) is 0 Å². The molecule has 1 heterocycles. The summed E-state index contributed by atoms with van der Waals surface area (Å²) in [7, 11) is 0. The van der Waals surface area contributed by atoms with Crippen molar-refractivity contribution in [1.82, 2.24) is 4.98 Å². The van der Waals surface area contributed by atoms with E-state index in [4.69, 9.17) is 17.2 Å². The average Bonchev–Trinajstić information content (AvgIpc) is 1.96. The van der Waals surface area contributed by atoms with E-state index in [0.29, 0.717) is 17.3 Å². The van der Waals surface area contributed by atoms with Crippen molar-refractivity contribution in [1.29, 1.82) is 0 Å². The third-order valence-electron chi connectivity index (χ3n) is 1.29. The monoisotopic (exact) mass is 206 g/mol. The van der Waals surface area contributed by atoms with Gasteiger partial charge in [-0.1, -0.05) is 0 Å². The van der Waals surface area contributed by atoms with Crippen molar-refractivity contribution in [2.24, 2.45) is 0 Å². The van der Waals surface area contributed by atoms with E-state index in [2.05, 4.69) is 4.98 Å². The molecule has 0 fully saturated rings. The van der Waals surface area contributed by atoms with E-state index >= 15 is 0 Å². The summed E-state index contributed by atoms with van der Waals surface area (Å²) in [6.45, 7) is 0. The summed E-state index contributed by atoms with van der Waals surface area (Å²) >= 11 is 1.50. The van der Waals surface area contributed by atoms with Gasteiger partial charge in [0.1, 0.15) is 11.6 Å². The van der Waals surface area contributed by atoms with E-state index < -0.39 is 0 Å². The van der Waals surface area contributed by atoms with E-state index in [1.807, 2.05) is 6.26 Å². The summed E-state index contributed by atoms with van der Waals surface area (Å²) in [5.74, 6) is 0.704. The first kappa shape index (κ1) is 11.2. The number of hydrogen-bond donors (Lipinski definition) is 3. The van der Waals surface area contributed by atoms with Gasteiger partial charge in [-0.15, -0.1) is 24.2 Å². The van der Waals surface area contributed by atoms with Gasteiger partial charge in [0.05, 0.1) is 5.69 Å². The van der Waals surface area contributed by atoms with Crippen molar-refractivity contribution >= 4 is 41.5 Å². The van der Waals surface area contributed by atoms with Crippen LogP contribution in [0.2, 0.25) is 0 Å². The topological polar surface area (TPSA) is 90.9 Å². The zero-order chi connectivity index (χ0) is 8.43. The lowest BCUT2D eigenvalue weighted by molar-refractivity contribution is 1.29. The number of rotatable bonds is 1. The molecule has 0 radical (unpaired) electrons. The van der Waals surface area contributed by atoms with Gasteiger partial charge in [0.2, 0.25) is 0 Å². The highest BCUT2D eigenvalue weighted by molar-refractivity contribution is 7.98. The molecule has 0 aliphatic heterocycles. The zero-order valence-corrected chi connectivity index (χ0v) is 8.21. The minimum Gasteiger partial charge on any atom is -0.395 e. The lowest BCUT2D eigenvalue weighted by atomic mass is 10.4. The van der Waals surface area contributed by atoms with Crippen LogP contribution in [0.1, 0.15) is 0 Å². The summed E-state index contributed by atoms with van der Waals surface area (Å²) in [5.41, 5.74) is 17.0. The minimum atomic E-state index is 0. The Balaban J connectivity index is 0.00000121. The number of aromatic nitrogens is 1. The first-order chi connectivity index (χ1) is 5.15. The second kappa shape index (κ2) is 4.27. The lowest BCUT2D eigenvalue weighted by Crippen LogP contribution is -2.02. The highest BCUT2D eigenvalue weighted by Crippen LogP contribution is 2.27. The number of anilines is 3. The smallest absolute Gasteiger partial charge is 0.150 e. The van der Waals surface area contributed by atoms with E-state index in [-0.39, 0.29) is 12.4 Å². The van der Waals surface area contributed by atoms with Gasteiger partial charge < -0.3 is 17.2 Å². The molecule has 0 unspecified atom stereocenters. The zero-order valence-electron chi connectivity index (χ0n) is 6.57. The average molecular weight is 207 g/mol. The normalized spacial score (nSPS) is 9.08. The van der Waals surface area contributed by atoms with E-state index in [0.717, 1.165) is 4.90 Å². The Kier molecular flexibility index (Phi) is 3.99. The molecule has 4 nitrogen and oxygen atoms in total. The largest absolute Gasteiger partial charge is 0.395 e. The third-order valence-corrected chi connectivity index (χ3v) is 2.07. The number of halogens is 1. The Labute approximate surface area is 81.3 Å². The van der Waals surface area contributed by atoms with Gasteiger partial charge >= 0.3 is 0 Å². The molecule has 6 heteroatoms. The molecular formula is C6H11ClN4S. The second-order valence-corrected chi connectivity index (χ2v) is 2.90. The van der Waals surface area contributed by atoms with Crippen LogP contribution in [0.3, 0.4) is 0 Å². The molecular weight excluding hydrogens is 196 g/mol. The highest BCUT2D eigenvalue weighted by Gasteiger charge is 2.03. The van der Waals surface area contributed by atoms with Gasteiger partial charge in [0.25, 0.3) is 0 Å². The molecule has 1 aromatic rings. The van der Waals surface area contributed by atoms with E-state index in [1.54, 1.807) is 6.07 Å². The van der Waals surface area contributed by atoms with Gasteiger partial charge in [-0.2, -0.15) is 0 Å². The lowest BCUT2D eigenvalue weighted by Gasteiger charge is -2.05. The van der Waals surface area contributed by atoms with Crippen LogP contribution in [0.5, 0.6) is 0 Å². The molecule has 12 heavy (non-hydrogen) atoms. The van der Waals surface area contributed by atoms with Gasteiger partial charge in [0, 0.05) is 4.90 Å². The maximum atomic E-state index is 5.60. The van der Waals surface area contributed by atoms with Crippen LogP contribution >= 0.6 is 24.2 Å². The number of thioether (sulfide) groups is 1. The summed E-state index contributed by atoms with van der Waals surface area (Å²) in [6, 6.07) is 1.70. The van der Waals surface area contributed by atoms with Crippen LogP contribution in [0.15, 0.2) is 11.0 Å². The standard InChI is InChI=1S/C6H10N4S.ClH/c1-11-3-2-4(7)10-6(9)5(3)8;/h2H,8H2,1H3,(H4,7,9,10);1H. The summed E-state index contributed by atoms with van der Waals surface area (Å²) in [4.78, 5) is 4.67. The molecule has 1 rings (SSSR count). The van der Waals surface area contributed by atoms with Crippen molar-refractivity contribution in [3.05, 3.63) is 6.07 Å². The number of nitrogens with two attached hydrogens (primary N) is 3. The Bertz CT molecular complexity index is 278. The summed E-state index contributed by atoms with van der Waals surface area (Å²) in [6.07, 6.45) is 1.91. The number of nitrogens with zero attached hydrogens (tertiary/aromatic N) is 1. The van der Waals surface area contributed by atoms with Gasteiger partial charge in [-0.25, -0.2) is 4.98 Å². The fraction of sp³-hybridized carbons (Fsp3) is 0.167. The first-order valence-electron chi connectivity index (χ1n) is 3.00. The molecule has 0 aliphatic rings. The van der Waals surface area contributed by atoms with Crippen molar-refractivity contribution < 1.29 is 0 Å². The van der Waals surface area contributed by atoms with Gasteiger partial charge in [-0.05, 0) is 12.3 Å². The summed E-state index contributed by atoms with van der Waals surface area (Å²) in [5, 5.41) is 0. The van der Waals surface area contributed by atoms with Crippen LogP contribution in [0, 0.1) is 0 Å². The fourth-order valence-electron chi connectivity index (χ4n) is 0.739. The van der Waals surface area contributed by atoms with Gasteiger partial charge in [0.15, 0.2) is 0 Å². The predicted molar refractivity (Wildman–Crippen MR) is 56.5 cm³/mol. The van der Waals surface area contributed by atoms with Crippen LogP contribution in [0.25, 0.3) is 0 Å². The number of nitrogen functional groups attached to an aromatic ring is 3. The molecule has 0 saturated carbocycles. The maximum Gasteiger partial charge on any atom is 0.150 e. The van der Waals surface area contributed by atoms with Gasteiger partial charge in [-0.3, -0.25) is 0 Å².